The van der Waals surface area contributed by atoms with Crippen molar-refractivity contribution in [3.8, 4) is 0 Å². The summed E-state index contributed by atoms with van der Waals surface area (Å²) in [4.78, 5) is 35.6. The summed E-state index contributed by atoms with van der Waals surface area (Å²) >= 11 is 0. The average Bonchev–Trinajstić information content (AvgIpc) is 2.23. The van der Waals surface area contributed by atoms with Gasteiger partial charge in [0.15, 0.2) is 0 Å². The molecule has 0 spiro atoms. The number of carbonyl (C=O) groups is 3. The smallest absolute Gasteiger partial charge is 0.441 e. The maximum atomic E-state index is 11.5. The van der Waals surface area contributed by atoms with Crippen LogP contribution in [0.3, 0.4) is 0 Å². The van der Waals surface area contributed by atoms with Crippen molar-refractivity contribution < 1.29 is 28.6 Å². The highest BCUT2D eigenvalue weighted by molar-refractivity contribution is 6.62. The summed E-state index contributed by atoms with van der Waals surface area (Å²) in [5.74, 6) is -1.71. The molecule has 0 aromatic heterocycles. The molecule has 7 nitrogen and oxygen atoms in total. The summed E-state index contributed by atoms with van der Waals surface area (Å²) < 4.78 is 9.64. The second kappa shape index (κ2) is 7.47. The maximum Gasteiger partial charge on any atom is 0.441 e. The molecule has 0 aliphatic rings. The lowest BCUT2D eigenvalue weighted by Crippen LogP contribution is -2.34. The van der Waals surface area contributed by atoms with Crippen LogP contribution in [0.4, 0.5) is 0 Å². The number of hydrogen-bond acceptors (Lipinski definition) is 5. The van der Waals surface area contributed by atoms with Gasteiger partial charge in [0.2, 0.25) is 0 Å². The molecule has 0 heterocycles. The van der Waals surface area contributed by atoms with Crippen molar-refractivity contribution in [3.05, 3.63) is 5.53 Å². The summed E-state index contributed by atoms with van der Waals surface area (Å²) in [6.45, 7) is 4.69. The van der Waals surface area contributed by atoms with Crippen LogP contribution in [0, 0.1) is 0 Å². The van der Waals surface area contributed by atoms with Gasteiger partial charge >= 0.3 is 11.7 Å². The Hall–Kier alpha value is -1.85. The first-order valence-electron chi connectivity index (χ1n) is 5.31. The number of ether oxygens (including phenoxy) is 2. The first-order valence-corrected chi connectivity index (χ1v) is 5.31. The first-order chi connectivity index (χ1) is 8.31. The largest absolute Gasteiger partial charge is 0.451 e. The number of Topliss-reactive ketones (excluding diaryl/α,β-unsaturated/α-hetero) is 1. The lowest BCUT2D eigenvalue weighted by molar-refractivity contribution is -0.152. The van der Waals surface area contributed by atoms with Crippen LogP contribution >= 0.6 is 0 Å². The third-order valence-corrected chi connectivity index (χ3v) is 1.62. The second-order valence-electron chi connectivity index (χ2n) is 4.37. The highest BCUT2D eigenvalue weighted by Gasteiger charge is 2.33. The second-order valence-corrected chi connectivity index (χ2v) is 4.37. The normalized spacial score (nSPS) is 10.4. The van der Waals surface area contributed by atoms with E-state index in [2.05, 4.69) is 4.79 Å². The summed E-state index contributed by atoms with van der Waals surface area (Å²) in [7, 11) is 0. The minimum Gasteiger partial charge on any atom is -0.451 e. The molecule has 0 bridgehead atoms. The van der Waals surface area contributed by atoms with Crippen LogP contribution in [0.2, 0.25) is 0 Å². The fourth-order valence-electron chi connectivity index (χ4n) is 0.952. The predicted octanol–water partition coefficient (Wildman–Crippen LogP) is 0.174. The van der Waals surface area contributed by atoms with E-state index in [0.717, 1.165) is 0 Å². The number of carbonyl (C=O) groups excluding carboxylic acids is 3. The van der Waals surface area contributed by atoms with Crippen molar-refractivity contribution in [3.63, 3.8) is 0 Å². The molecule has 0 N–H and O–H groups in total. The molecule has 18 heavy (non-hydrogen) atoms. The van der Waals surface area contributed by atoms with Crippen molar-refractivity contribution in [1.82, 2.24) is 0 Å². The van der Waals surface area contributed by atoms with Crippen molar-refractivity contribution >= 4 is 23.8 Å². The Labute approximate surface area is 105 Å². The molecule has 0 saturated heterocycles. The summed E-state index contributed by atoms with van der Waals surface area (Å²) in [6.07, 6.45) is 0.367. The van der Waals surface area contributed by atoms with E-state index in [1.54, 1.807) is 20.8 Å². The molecule has 0 unspecified atom stereocenters. The zero-order chi connectivity index (χ0) is 14.2. The molecule has 100 valence electrons. The number of rotatable bonds is 7. The van der Waals surface area contributed by atoms with Crippen LogP contribution in [0.5, 0.6) is 0 Å². The van der Waals surface area contributed by atoms with Gasteiger partial charge in [0, 0.05) is 6.42 Å². The summed E-state index contributed by atoms with van der Waals surface area (Å²) in [5.41, 5.74) is 7.16. The van der Waals surface area contributed by atoms with E-state index in [0.29, 0.717) is 6.29 Å². The van der Waals surface area contributed by atoms with E-state index in [9.17, 15) is 14.4 Å². The minimum atomic E-state index is -0.995. The molecule has 0 radical (unpaired) electrons. The van der Waals surface area contributed by atoms with Gasteiger partial charge in [-0.25, -0.2) is 4.79 Å². The molecule has 0 aromatic carbocycles. The van der Waals surface area contributed by atoms with Crippen LogP contribution in [-0.4, -0.2) is 47.4 Å². The van der Waals surface area contributed by atoms with Gasteiger partial charge in [0.05, 0.1) is 6.61 Å². The Morgan fingerprint density at radius 1 is 1.33 bits per heavy atom. The molecule has 0 atom stereocenters. The lowest BCUT2D eigenvalue weighted by Gasteiger charge is -2.17. The van der Waals surface area contributed by atoms with Crippen molar-refractivity contribution in [1.29, 1.82) is 0 Å². The zero-order valence-corrected chi connectivity index (χ0v) is 10.6. The molecule has 0 saturated carbocycles. The quantitative estimate of drug-likeness (QED) is 0.123. The number of hydrogen-bond donors (Lipinski definition) is 0. The van der Waals surface area contributed by atoms with Crippen LogP contribution < -0.4 is 0 Å². The van der Waals surface area contributed by atoms with Gasteiger partial charge in [0.25, 0.3) is 5.78 Å². The first kappa shape index (κ1) is 16.1. The number of nitrogens with zero attached hydrogens (tertiary/aromatic N) is 2. The molecular formula is C11H16N2O5. The third kappa shape index (κ3) is 6.67. The number of aldehydes is 1. The fourth-order valence-corrected chi connectivity index (χ4v) is 0.952. The molecule has 0 aliphatic heterocycles. The van der Waals surface area contributed by atoms with Crippen LogP contribution in [0.15, 0.2) is 0 Å². The molecule has 0 fully saturated rings. The highest BCUT2D eigenvalue weighted by atomic mass is 16.6. The SMILES string of the molecule is CC(C)(C)OC(=O)C(=[N+]=[N-])C(=O)CCOCC=O. The van der Waals surface area contributed by atoms with Crippen molar-refractivity contribution in [2.45, 2.75) is 32.8 Å². The van der Waals surface area contributed by atoms with Gasteiger partial charge in [0.1, 0.15) is 18.5 Å². The van der Waals surface area contributed by atoms with Crippen LogP contribution in [0.1, 0.15) is 27.2 Å². The van der Waals surface area contributed by atoms with E-state index in [1.807, 2.05) is 0 Å². The molecule has 0 rings (SSSR count). The molecule has 0 aliphatic carbocycles. The monoisotopic (exact) mass is 256 g/mol. The highest BCUT2D eigenvalue weighted by Crippen LogP contribution is 2.07. The van der Waals surface area contributed by atoms with Gasteiger partial charge in [-0.05, 0) is 20.8 Å². The van der Waals surface area contributed by atoms with E-state index < -0.39 is 23.1 Å². The van der Waals surface area contributed by atoms with Crippen LogP contribution in [0.25, 0.3) is 5.53 Å². The van der Waals surface area contributed by atoms with Gasteiger partial charge in [-0.15, -0.1) is 0 Å². The summed E-state index contributed by atoms with van der Waals surface area (Å²) in [6, 6.07) is 0. The third-order valence-electron chi connectivity index (χ3n) is 1.62. The minimum absolute atomic E-state index is 0.0423. The predicted molar refractivity (Wildman–Crippen MR) is 61.0 cm³/mol. The topological polar surface area (TPSA) is 106 Å². The molecule has 0 amide bonds. The van der Waals surface area contributed by atoms with Gasteiger partial charge in [-0.3, -0.25) is 4.79 Å². The zero-order valence-electron chi connectivity index (χ0n) is 10.6. The molecule has 7 heteroatoms. The Bertz CT molecular complexity index is 377. The van der Waals surface area contributed by atoms with E-state index in [-0.39, 0.29) is 19.6 Å². The maximum absolute atomic E-state index is 11.5. The van der Waals surface area contributed by atoms with Gasteiger partial charge in [-0.1, -0.05) is 0 Å². The average molecular weight is 256 g/mol. The Morgan fingerprint density at radius 3 is 2.39 bits per heavy atom. The standard InChI is InChI=1S/C11H16N2O5/c1-11(2,3)18-10(16)9(13-12)8(15)4-6-17-7-5-14/h5H,4,6-7H2,1-3H3. The lowest BCUT2D eigenvalue weighted by atomic mass is 10.1. The number of ketones is 1. The Balaban J connectivity index is 4.42. The number of esters is 1. The van der Waals surface area contributed by atoms with Gasteiger partial charge < -0.3 is 19.8 Å². The van der Waals surface area contributed by atoms with Crippen molar-refractivity contribution in [2.75, 3.05) is 13.2 Å². The Kier molecular flexibility index (Phi) is 6.70. The summed E-state index contributed by atoms with van der Waals surface area (Å²) in [5, 5.41) is 0. The molecule has 0 aromatic rings. The van der Waals surface area contributed by atoms with E-state index in [1.165, 1.54) is 0 Å². The van der Waals surface area contributed by atoms with Crippen LogP contribution in [-0.2, 0) is 23.9 Å². The van der Waals surface area contributed by atoms with Gasteiger partial charge in [-0.2, -0.15) is 4.79 Å². The molecular weight excluding hydrogens is 240 g/mol. The fraction of sp³-hybridized carbons (Fsp3) is 0.636. The van der Waals surface area contributed by atoms with Crippen molar-refractivity contribution in [2.24, 2.45) is 0 Å². The van der Waals surface area contributed by atoms with E-state index >= 15 is 0 Å². The Morgan fingerprint density at radius 2 is 1.94 bits per heavy atom. The van der Waals surface area contributed by atoms with E-state index in [4.69, 9.17) is 15.0 Å².